The number of imidazole rings is 1. The molecule has 0 spiro atoms. The predicted molar refractivity (Wildman–Crippen MR) is 86.7 cm³/mol. The fraction of sp³-hybridized carbons (Fsp3) is 0.278. The third-order valence-corrected chi connectivity index (χ3v) is 3.76. The maximum absolute atomic E-state index is 10.3. The summed E-state index contributed by atoms with van der Waals surface area (Å²) in [6.07, 6.45) is 0. The number of aromatic nitrogens is 2. The van der Waals surface area contributed by atoms with Crippen LogP contribution in [-0.2, 0) is 0 Å². The van der Waals surface area contributed by atoms with Crippen molar-refractivity contribution in [1.29, 1.82) is 0 Å². The van der Waals surface area contributed by atoms with Crippen LogP contribution < -0.4 is 0 Å². The SMILES string of the molecule is Cc1ccc(-c2nc3cc(C)ccc3n2C(C)C)c(O)c1. The molecule has 0 radical (unpaired) electrons. The van der Waals surface area contributed by atoms with E-state index < -0.39 is 0 Å². The van der Waals surface area contributed by atoms with Gasteiger partial charge in [0.2, 0.25) is 0 Å². The van der Waals surface area contributed by atoms with Gasteiger partial charge in [0, 0.05) is 6.04 Å². The highest BCUT2D eigenvalue weighted by Crippen LogP contribution is 2.34. The lowest BCUT2D eigenvalue weighted by atomic mass is 10.1. The van der Waals surface area contributed by atoms with Crippen molar-refractivity contribution in [1.82, 2.24) is 9.55 Å². The average molecular weight is 280 g/mol. The zero-order valence-electron chi connectivity index (χ0n) is 12.9. The summed E-state index contributed by atoms with van der Waals surface area (Å²) in [7, 11) is 0. The van der Waals surface area contributed by atoms with Crippen LogP contribution in [0.15, 0.2) is 36.4 Å². The summed E-state index contributed by atoms with van der Waals surface area (Å²) in [6, 6.07) is 12.3. The molecule has 0 amide bonds. The van der Waals surface area contributed by atoms with E-state index in [2.05, 4.69) is 43.5 Å². The fourth-order valence-electron chi connectivity index (χ4n) is 2.75. The maximum atomic E-state index is 10.3. The van der Waals surface area contributed by atoms with Crippen molar-refractivity contribution < 1.29 is 5.11 Å². The molecule has 21 heavy (non-hydrogen) atoms. The summed E-state index contributed by atoms with van der Waals surface area (Å²) >= 11 is 0. The average Bonchev–Trinajstić information content (AvgIpc) is 2.76. The molecule has 0 unspecified atom stereocenters. The molecule has 108 valence electrons. The molecule has 3 nitrogen and oxygen atoms in total. The number of phenols is 1. The lowest BCUT2D eigenvalue weighted by molar-refractivity contribution is 0.475. The number of aryl methyl sites for hydroxylation is 2. The largest absolute Gasteiger partial charge is 0.507 e. The van der Waals surface area contributed by atoms with E-state index in [0.717, 1.165) is 28.0 Å². The summed E-state index contributed by atoms with van der Waals surface area (Å²) in [4.78, 5) is 4.76. The second-order valence-electron chi connectivity index (χ2n) is 5.91. The van der Waals surface area contributed by atoms with Crippen molar-refractivity contribution in [2.75, 3.05) is 0 Å². The molecule has 1 N–H and O–H groups in total. The molecular formula is C18H20N2O. The van der Waals surface area contributed by atoms with Gasteiger partial charge in [-0.1, -0.05) is 12.1 Å². The molecule has 1 heterocycles. The van der Waals surface area contributed by atoms with E-state index in [1.54, 1.807) is 6.07 Å². The molecule has 0 fully saturated rings. The van der Waals surface area contributed by atoms with Crippen LogP contribution >= 0.6 is 0 Å². The second kappa shape index (κ2) is 4.92. The number of aromatic hydroxyl groups is 1. The van der Waals surface area contributed by atoms with Gasteiger partial charge in [-0.2, -0.15) is 0 Å². The van der Waals surface area contributed by atoms with Crippen molar-refractivity contribution >= 4 is 11.0 Å². The number of nitrogens with zero attached hydrogens (tertiary/aromatic N) is 2. The van der Waals surface area contributed by atoms with Crippen molar-refractivity contribution in [3.63, 3.8) is 0 Å². The van der Waals surface area contributed by atoms with Gasteiger partial charge in [0.15, 0.2) is 0 Å². The summed E-state index contributed by atoms with van der Waals surface area (Å²) in [6.45, 7) is 8.31. The van der Waals surface area contributed by atoms with Gasteiger partial charge < -0.3 is 9.67 Å². The molecule has 0 aliphatic carbocycles. The van der Waals surface area contributed by atoms with E-state index >= 15 is 0 Å². The van der Waals surface area contributed by atoms with Crippen molar-refractivity contribution in [3.05, 3.63) is 47.5 Å². The third kappa shape index (κ3) is 2.29. The lowest BCUT2D eigenvalue weighted by Gasteiger charge is -2.14. The van der Waals surface area contributed by atoms with E-state index in [1.165, 1.54) is 5.56 Å². The molecule has 3 rings (SSSR count). The zero-order chi connectivity index (χ0) is 15.1. The van der Waals surface area contributed by atoms with Crippen LogP contribution in [0.3, 0.4) is 0 Å². The fourth-order valence-corrected chi connectivity index (χ4v) is 2.75. The third-order valence-electron chi connectivity index (χ3n) is 3.76. The molecule has 0 atom stereocenters. The van der Waals surface area contributed by atoms with E-state index in [0.29, 0.717) is 0 Å². The van der Waals surface area contributed by atoms with Gasteiger partial charge in [0.05, 0.1) is 16.6 Å². The van der Waals surface area contributed by atoms with Crippen molar-refractivity contribution in [2.24, 2.45) is 0 Å². The number of benzene rings is 2. The Bertz CT molecular complexity index is 815. The van der Waals surface area contributed by atoms with Crippen LogP contribution in [0.5, 0.6) is 5.75 Å². The molecule has 1 aromatic heterocycles. The Morgan fingerprint density at radius 3 is 2.33 bits per heavy atom. The van der Waals surface area contributed by atoms with Crippen molar-refractivity contribution in [2.45, 2.75) is 33.7 Å². The highest BCUT2D eigenvalue weighted by Gasteiger charge is 2.17. The minimum atomic E-state index is 0.272. The van der Waals surface area contributed by atoms with Gasteiger partial charge in [-0.3, -0.25) is 0 Å². The summed E-state index contributed by atoms with van der Waals surface area (Å²) in [5, 5.41) is 10.3. The Kier molecular flexibility index (Phi) is 3.20. The zero-order valence-corrected chi connectivity index (χ0v) is 12.9. The van der Waals surface area contributed by atoms with E-state index in [9.17, 15) is 5.11 Å². The van der Waals surface area contributed by atoms with Gasteiger partial charge in [-0.05, 0) is 63.1 Å². The quantitative estimate of drug-likeness (QED) is 0.744. The van der Waals surface area contributed by atoms with Gasteiger partial charge in [0.1, 0.15) is 11.6 Å². The molecule has 0 saturated heterocycles. The number of rotatable bonds is 2. The minimum absolute atomic E-state index is 0.272. The molecule has 2 aromatic carbocycles. The first kappa shape index (κ1) is 13.7. The molecule has 0 aliphatic heterocycles. The standard InChI is InChI=1S/C18H20N2O/c1-11(2)20-16-8-6-12(3)9-15(16)19-18(20)14-7-5-13(4)10-17(14)21/h5-11,21H,1-4H3. The number of fused-ring (bicyclic) bond motifs is 1. The number of phenolic OH excluding ortho intramolecular Hbond substituents is 1. The highest BCUT2D eigenvalue weighted by molar-refractivity contribution is 5.82. The Morgan fingerprint density at radius 2 is 1.67 bits per heavy atom. The summed E-state index contributed by atoms with van der Waals surface area (Å²) < 4.78 is 2.18. The topological polar surface area (TPSA) is 38.0 Å². The Balaban J connectivity index is 2.33. The predicted octanol–water partition coefficient (Wildman–Crippen LogP) is 4.61. The molecule has 0 saturated carbocycles. The van der Waals surface area contributed by atoms with Crippen molar-refractivity contribution in [3.8, 4) is 17.1 Å². The van der Waals surface area contributed by atoms with Crippen LogP contribution in [0, 0.1) is 13.8 Å². The van der Waals surface area contributed by atoms with E-state index in [-0.39, 0.29) is 11.8 Å². The smallest absolute Gasteiger partial charge is 0.145 e. The monoisotopic (exact) mass is 280 g/mol. The van der Waals surface area contributed by atoms with Gasteiger partial charge >= 0.3 is 0 Å². The van der Waals surface area contributed by atoms with Crippen LogP contribution in [0.2, 0.25) is 0 Å². The first-order chi connectivity index (χ1) is 9.97. The summed E-state index contributed by atoms with van der Waals surface area (Å²) in [5.41, 5.74) is 5.09. The Hall–Kier alpha value is -2.29. The lowest BCUT2D eigenvalue weighted by Crippen LogP contribution is -2.03. The molecule has 3 heteroatoms. The van der Waals surface area contributed by atoms with Crippen LogP contribution in [-0.4, -0.2) is 14.7 Å². The second-order valence-corrected chi connectivity index (χ2v) is 5.91. The highest BCUT2D eigenvalue weighted by atomic mass is 16.3. The minimum Gasteiger partial charge on any atom is -0.507 e. The molecular weight excluding hydrogens is 260 g/mol. The first-order valence-electron chi connectivity index (χ1n) is 7.26. The van der Waals surface area contributed by atoms with Gasteiger partial charge in [-0.15, -0.1) is 0 Å². The molecule has 0 aliphatic rings. The van der Waals surface area contributed by atoms with Gasteiger partial charge in [0.25, 0.3) is 0 Å². The van der Waals surface area contributed by atoms with Crippen LogP contribution in [0.25, 0.3) is 22.4 Å². The Morgan fingerprint density at radius 1 is 1.00 bits per heavy atom. The maximum Gasteiger partial charge on any atom is 0.145 e. The number of hydrogen-bond donors (Lipinski definition) is 1. The van der Waals surface area contributed by atoms with Crippen LogP contribution in [0.4, 0.5) is 0 Å². The number of hydrogen-bond acceptors (Lipinski definition) is 2. The van der Waals surface area contributed by atoms with Gasteiger partial charge in [-0.25, -0.2) is 4.98 Å². The normalized spacial score (nSPS) is 11.5. The summed E-state index contributed by atoms with van der Waals surface area (Å²) in [5.74, 6) is 1.10. The molecule has 3 aromatic rings. The Labute approximate surface area is 124 Å². The first-order valence-corrected chi connectivity index (χ1v) is 7.26. The van der Waals surface area contributed by atoms with E-state index in [1.807, 2.05) is 19.1 Å². The van der Waals surface area contributed by atoms with Crippen LogP contribution in [0.1, 0.15) is 31.0 Å². The molecule has 0 bridgehead atoms. The van der Waals surface area contributed by atoms with E-state index in [4.69, 9.17) is 4.98 Å².